The average Bonchev–Trinajstić information content (AvgIpc) is 3.67. The van der Waals surface area contributed by atoms with E-state index in [9.17, 15) is 22.3 Å². The fourth-order valence-electron chi connectivity index (χ4n) is 5.49. The molecular formula is C34H32F3N3O6S. The smallest absolute Gasteiger partial charge is 0.387 e. The zero-order valence-electron chi connectivity index (χ0n) is 26.1. The van der Waals surface area contributed by atoms with E-state index in [1.165, 1.54) is 18.2 Å². The molecule has 1 fully saturated rings. The van der Waals surface area contributed by atoms with Crippen molar-refractivity contribution in [2.45, 2.75) is 51.7 Å². The van der Waals surface area contributed by atoms with Crippen LogP contribution in [0.1, 0.15) is 35.8 Å². The lowest BCUT2D eigenvalue weighted by Gasteiger charge is -2.16. The van der Waals surface area contributed by atoms with Gasteiger partial charge in [0.2, 0.25) is 0 Å². The molecule has 246 valence electrons. The van der Waals surface area contributed by atoms with Gasteiger partial charge in [0.15, 0.2) is 33.0 Å². The summed E-state index contributed by atoms with van der Waals surface area (Å²) in [6.07, 6.45) is 4.80. The van der Waals surface area contributed by atoms with E-state index in [0.717, 1.165) is 24.8 Å². The van der Waals surface area contributed by atoms with Crippen molar-refractivity contribution in [2.24, 2.45) is 5.92 Å². The van der Waals surface area contributed by atoms with Crippen molar-refractivity contribution in [3.8, 4) is 50.9 Å². The number of oxazole rings is 1. The predicted molar refractivity (Wildman–Crippen MR) is 168 cm³/mol. The number of aromatic nitrogens is 3. The van der Waals surface area contributed by atoms with Crippen molar-refractivity contribution < 1.29 is 40.6 Å². The van der Waals surface area contributed by atoms with Crippen molar-refractivity contribution in [3.63, 3.8) is 0 Å². The van der Waals surface area contributed by atoms with Crippen LogP contribution >= 0.6 is 0 Å². The van der Waals surface area contributed by atoms with Gasteiger partial charge < -0.3 is 23.6 Å². The van der Waals surface area contributed by atoms with Gasteiger partial charge in [0.1, 0.15) is 17.3 Å². The van der Waals surface area contributed by atoms with Gasteiger partial charge in [-0.25, -0.2) is 22.8 Å². The summed E-state index contributed by atoms with van der Waals surface area (Å²) in [5, 5.41) is 9.71. The lowest BCUT2D eigenvalue weighted by Crippen LogP contribution is -2.06. The van der Waals surface area contributed by atoms with Gasteiger partial charge in [-0.05, 0) is 86.2 Å². The standard InChI is InChI=1S/C34H32F3N3O6S/c1-18-15-40(19(2)38-18)28-9-7-22(24-12-27(35)26(16-41)31(14-24)47(4,42)43)11-25(28)32-33(45-20(3)39-32)23-8-10-29(46-34(36)37)30(13-23)44-17-21-5-6-21/h7-15,21,34,41H,5-6,16-17H2,1-4H3. The maximum Gasteiger partial charge on any atom is 0.387 e. The second-order valence-corrected chi connectivity index (χ2v) is 13.6. The summed E-state index contributed by atoms with van der Waals surface area (Å²) in [6.45, 7) is 1.90. The topological polar surface area (TPSA) is 117 Å². The Balaban J connectivity index is 1.55. The maximum atomic E-state index is 15.2. The lowest BCUT2D eigenvalue weighted by molar-refractivity contribution is -0.0515. The molecule has 0 atom stereocenters. The number of aliphatic hydroxyl groups excluding tert-OH is 1. The van der Waals surface area contributed by atoms with Crippen LogP contribution in [0.3, 0.4) is 0 Å². The molecule has 9 nitrogen and oxygen atoms in total. The second kappa shape index (κ2) is 12.5. The number of imidazole rings is 1. The van der Waals surface area contributed by atoms with Crippen LogP contribution in [0, 0.1) is 32.5 Å². The Morgan fingerprint density at radius 3 is 2.38 bits per heavy atom. The second-order valence-electron chi connectivity index (χ2n) is 11.6. The molecule has 1 N–H and O–H groups in total. The molecule has 0 saturated heterocycles. The Bertz CT molecular complexity index is 2090. The van der Waals surface area contributed by atoms with Crippen molar-refractivity contribution in [1.82, 2.24) is 14.5 Å². The molecule has 0 spiro atoms. The Kier molecular flexibility index (Phi) is 8.62. The number of aryl methyl sites for hydroxylation is 3. The van der Waals surface area contributed by atoms with Crippen LogP contribution in [0.25, 0.3) is 39.4 Å². The molecular weight excluding hydrogens is 635 g/mol. The van der Waals surface area contributed by atoms with E-state index < -0.39 is 28.9 Å². The normalized spacial score (nSPS) is 13.4. The van der Waals surface area contributed by atoms with Gasteiger partial charge >= 0.3 is 6.61 Å². The number of aliphatic hydroxyl groups is 1. The third-order valence-electron chi connectivity index (χ3n) is 7.89. The molecule has 13 heteroatoms. The van der Waals surface area contributed by atoms with Gasteiger partial charge in [-0.3, -0.25) is 0 Å². The van der Waals surface area contributed by atoms with Crippen LogP contribution in [0.4, 0.5) is 13.2 Å². The first-order valence-corrected chi connectivity index (χ1v) is 16.7. The van der Waals surface area contributed by atoms with Crippen LogP contribution in [-0.2, 0) is 16.4 Å². The molecule has 47 heavy (non-hydrogen) atoms. The zero-order valence-corrected chi connectivity index (χ0v) is 26.9. The predicted octanol–water partition coefficient (Wildman–Crippen LogP) is 7.21. The van der Waals surface area contributed by atoms with Gasteiger partial charge in [0.05, 0.1) is 29.5 Å². The van der Waals surface area contributed by atoms with Gasteiger partial charge in [-0.1, -0.05) is 6.07 Å². The van der Waals surface area contributed by atoms with Crippen LogP contribution < -0.4 is 9.47 Å². The summed E-state index contributed by atoms with van der Waals surface area (Å²) >= 11 is 0. The Morgan fingerprint density at radius 2 is 1.74 bits per heavy atom. The lowest BCUT2D eigenvalue weighted by atomic mass is 9.97. The minimum absolute atomic E-state index is 0.107. The van der Waals surface area contributed by atoms with Crippen molar-refractivity contribution in [2.75, 3.05) is 12.9 Å². The quantitative estimate of drug-likeness (QED) is 0.157. The number of hydrogen-bond acceptors (Lipinski definition) is 8. The van der Waals surface area contributed by atoms with E-state index in [2.05, 4.69) is 4.98 Å². The molecule has 1 aliphatic carbocycles. The number of halogens is 3. The number of rotatable bonds is 11. The zero-order chi connectivity index (χ0) is 33.6. The number of ether oxygens (including phenoxy) is 2. The van der Waals surface area contributed by atoms with E-state index in [-0.39, 0.29) is 27.5 Å². The Hall–Kier alpha value is -4.62. The number of sulfone groups is 1. The minimum atomic E-state index is -3.88. The van der Waals surface area contributed by atoms with Gasteiger partial charge in [-0.15, -0.1) is 0 Å². The van der Waals surface area contributed by atoms with Gasteiger partial charge in [0, 0.05) is 36.1 Å². The molecule has 0 unspecified atom stereocenters. The molecule has 1 saturated carbocycles. The molecule has 2 aromatic heterocycles. The van der Waals surface area contributed by atoms with E-state index in [0.29, 0.717) is 58.1 Å². The highest BCUT2D eigenvalue weighted by atomic mass is 32.2. The minimum Gasteiger partial charge on any atom is -0.489 e. The fraction of sp³-hybridized carbons (Fsp3) is 0.294. The van der Waals surface area contributed by atoms with Crippen molar-refractivity contribution >= 4 is 9.84 Å². The first-order chi connectivity index (χ1) is 22.3. The van der Waals surface area contributed by atoms with E-state index in [4.69, 9.17) is 18.9 Å². The SMILES string of the molecule is Cc1cn(-c2ccc(-c3cc(F)c(CO)c(S(C)(=O)=O)c3)cc2-c2nc(C)oc2-c2ccc(OC(F)F)c(OCC3CC3)c2)c(C)n1. The molecule has 0 aliphatic heterocycles. The molecule has 5 aromatic rings. The van der Waals surface area contributed by atoms with Crippen LogP contribution in [0.2, 0.25) is 0 Å². The fourth-order valence-corrected chi connectivity index (χ4v) is 6.44. The van der Waals surface area contributed by atoms with Crippen molar-refractivity contribution in [1.29, 1.82) is 0 Å². The highest BCUT2D eigenvalue weighted by Crippen LogP contribution is 2.42. The van der Waals surface area contributed by atoms with E-state index in [1.54, 1.807) is 37.3 Å². The van der Waals surface area contributed by atoms with Crippen molar-refractivity contribution in [3.05, 3.63) is 83.5 Å². The number of nitrogens with zero attached hydrogens (tertiary/aromatic N) is 3. The summed E-state index contributed by atoms with van der Waals surface area (Å²) < 4.78 is 85.3. The summed E-state index contributed by atoms with van der Waals surface area (Å²) in [5.74, 6) is 0.833. The first kappa shape index (κ1) is 32.3. The highest BCUT2D eigenvalue weighted by Gasteiger charge is 2.26. The van der Waals surface area contributed by atoms with Gasteiger partial charge in [-0.2, -0.15) is 8.78 Å². The number of alkyl halides is 2. The third kappa shape index (κ3) is 6.77. The molecule has 6 rings (SSSR count). The molecule has 3 aromatic carbocycles. The Morgan fingerprint density at radius 1 is 1.00 bits per heavy atom. The molecule has 0 amide bonds. The first-order valence-electron chi connectivity index (χ1n) is 14.8. The molecule has 2 heterocycles. The number of hydrogen-bond donors (Lipinski definition) is 1. The van der Waals surface area contributed by atoms with E-state index >= 15 is 4.39 Å². The average molecular weight is 668 g/mol. The summed E-state index contributed by atoms with van der Waals surface area (Å²) in [7, 11) is -3.88. The summed E-state index contributed by atoms with van der Waals surface area (Å²) in [6, 6.07) is 12.3. The highest BCUT2D eigenvalue weighted by molar-refractivity contribution is 7.90. The van der Waals surface area contributed by atoms with E-state index in [1.807, 2.05) is 24.6 Å². The summed E-state index contributed by atoms with van der Waals surface area (Å²) in [4.78, 5) is 8.92. The van der Waals surface area contributed by atoms with Crippen LogP contribution in [-0.4, -0.2) is 47.5 Å². The Labute approximate surface area is 269 Å². The molecule has 0 radical (unpaired) electrons. The molecule has 1 aliphatic rings. The monoisotopic (exact) mass is 667 g/mol. The largest absolute Gasteiger partial charge is 0.489 e. The maximum absolute atomic E-state index is 15.2. The van der Waals surface area contributed by atoms with Gasteiger partial charge in [0.25, 0.3) is 0 Å². The summed E-state index contributed by atoms with van der Waals surface area (Å²) in [5.41, 5.74) is 3.24. The number of benzene rings is 3. The third-order valence-corrected chi connectivity index (χ3v) is 9.05. The van der Waals surface area contributed by atoms with Crippen LogP contribution in [0.15, 0.2) is 64.0 Å². The van der Waals surface area contributed by atoms with Crippen LogP contribution in [0.5, 0.6) is 11.5 Å². The molecule has 0 bridgehead atoms.